The highest BCUT2D eigenvalue weighted by molar-refractivity contribution is 7.15. The molecule has 0 unspecified atom stereocenters. The van der Waals surface area contributed by atoms with Crippen molar-refractivity contribution in [1.29, 1.82) is 0 Å². The molecule has 0 bridgehead atoms. The quantitative estimate of drug-likeness (QED) is 0.236. The Morgan fingerprint density at radius 1 is 0.973 bits per heavy atom. The van der Waals surface area contributed by atoms with Gasteiger partial charge in [-0.2, -0.15) is 5.10 Å². The molecule has 3 N–H and O–H groups in total. The molecule has 1 amide bonds. The van der Waals surface area contributed by atoms with Gasteiger partial charge in [-0.3, -0.25) is 19.9 Å². The summed E-state index contributed by atoms with van der Waals surface area (Å²) in [5.74, 6) is -0.0668. The van der Waals surface area contributed by atoms with E-state index in [0.29, 0.717) is 5.69 Å². The number of aryl methyl sites for hydroxylation is 1. The van der Waals surface area contributed by atoms with Crippen molar-refractivity contribution in [3.8, 4) is 33.1 Å². The van der Waals surface area contributed by atoms with Crippen LogP contribution in [0.3, 0.4) is 0 Å². The van der Waals surface area contributed by atoms with E-state index >= 15 is 0 Å². The molecule has 0 saturated heterocycles. The number of rotatable bonds is 4. The number of hydrogen-bond donors (Lipinski definition) is 3. The van der Waals surface area contributed by atoms with Crippen LogP contribution in [0.4, 0.5) is 5.69 Å². The summed E-state index contributed by atoms with van der Waals surface area (Å²) < 4.78 is 0. The summed E-state index contributed by atoms with van der Waals surface area (Å²) in [5.41, 5.74) is 6.58. The Bertz CT molecular complexity index is 1790. The number of aromatic nitrogens is 5. The van der Waals surface area contributed by atoms with Crippen molar-refractivity contribution in [2.45, 2.75) is 27.7 Å². The average Bonchev–Trinajstić information content (AvgIpc) is 3.60. The maximum absolute atomic E-state index is 12.4. The third-order valence-electron chi connectivity index (χ3n) is 6.35. The molecular formula is C29H26N6OS. The second kappa shape index (κ2) is 8.67. The number of pyridine rings is 2. The molecule has 6 aromatic rings. The first-order valence-electron chi connectivity index (χ1n) is 12.1. The fourth-order valence-electron chi connectivity index (χ4n) is 4.32. The van der Waals surface area contributed by atoms with Crippen LogP contribution in [0.5, 0.6) is 0 Å². The van der Waals surface area contributed by atoms with E-state index in [4.69, 9.17) is 0 Å². The molecule has 5 heterocycles. The van der Waals surface area contributed by atoms with Crippen LogP contribution in [0.15, 0.2) is 67.1 Å². The fraction of sp³-hybridized carbons (Fsp3) is 0.172. The number of carbonyl (C=O) groups excluding carboxylic acids is 1. The number of nitrogens with zero attached hydrogens (tertiary/aromatic N) is 3. The molecule has 8 heteroatoms. The number of anilines is 1. The average molecular weight is 507 g/mol. The van der Waals surface area contributed by atoms with Gasteiger partial charge in [0.15, 0.2) is 0 Å². The summed E-state index contributed by atoms with van der Waals surface area (Å²) in [7, 11) is 0. The zero-order valence-electron chi connectivity index (χ0n) is 21.0. The van der Waals surface area contributed by atoms with Gasteiger partial charge in [0, 0.05) is 48.8 Å². The molecule has 37 heavy (non-hydrogen) atoms. The number of benzene rings is 1. The number of hydrogen-bond acceptors (Lipinski definition) is 5. The van der Waals surface area contributed by atoms with Crippen LogP contribution in [-0.2, 0) is 4.79 Å². The lowest BCUT2D eigenvalue weighted by Gasteiger charge is -2.17. The van der Waals surface area contributed by atoms with E-state index in [0.717, 1.165) is 44.5 Å². The van der Waals surface area contributed by atoms with Gasteiger partial charge in [0.25, 0.3) is 0 Å². The Hall–Kier alpha value is -4.30. The molecular weight excluding hydrogens is 480 g/mol. The van der Waals surface area contributed by atoms with E-state index in [1.807, 2.05) is 32.9 Å². The van der Waals surface area contributed by atoms with Gasteiger partial charge < -0.3 is 10.3 Å². The first-order valence-corrected chi connectivity index (χ1v) is 12.9. The highest BCUT2D eigenvalue weighted by Gasteiger charge is 2.21. The molecule has 0 aliphatic rings. The molecule has 0 saturated carbocycles. The summed E-state index contributed by atoms with van der Waals surface area (Å²) in [6, 6.07) is 16.7. The van der Waals surface area contributed by atoms with E-state index < -0.39 is 5.41 Å². The lowest BCUT2D eigenvalue weighted by Crippen LogP contribution is -2.27. The zero-order valence-corrected chi connectivity index (χ0v) is 21.8. The van der Waals surface area contributed by atoms with Crippen molar-refractivity contribution in [2.24, 2.45) is 5.41 Å². The fourth-order valence-corrected chi connectivity index (χ4v) is 5.23. The zero-order chi connectivity index (χ0) is 25.7. The molecule has 0 radical (unpaired) electrons. The first-order chi connectivity index (χ1) is 17.8. The van der Waals surface area contributed by atoms with E-state index in [1.54, 1.807) is 29.9 Å². The monoisotopic (exact) mass is 506 g/mol. The molecule has 0 aliphatic carbocycles. The molecule has 1 aromatic carbocycles. The first kappa shape index (κ1) is 23.1. The third kappa shape index (κ3) is 4.29. The minimum Gasteiger partial charge on any atom is -0.353 e. The molecule has 0 aliphatic heterocycles. The van der Waals surface area contributed by atoms with Gasteiger partial charge in [0.1, 0.15) is 5.69 Å². The predicted molar refractivity (Wildman–Crippen MR) is 151 cm³/mol. The van der Waals surface area contributed by atoms with Gasteiger partial charge in [-0.25, -0.2) is 0 Å². The van der Waals surface area contributed by atoms with E-state index in [2.05, 4.69) is 73.8 Å². The maximum atomic E-state index is 12.4. The lowest BCUT2D eigenvalue weighted by atomic mass is 9.95. The van der Waals surface area contributed by atoms with Gasteiger partial charge in [-0.05, 0) is 43.3 Å². The van der Waals surface area contributed by atoms with Crippen molar-refractivity contribution in [3.63, 3.8) is 0 Å². The summed E-state index contributed by atoms with van der Waals surface area (Å²) in [6.45, 7) is 7.76. The molecule has 184 valence electrons. The summed E-state index contributed by atoms with van der Waals surface area (Å²) in [4.78, 5) is 27.5. The third-order valence-corrected chi connectivity index (χ3v) is 7.38. The Morgan fingerprint density at radius 3 is 2.62 bits per heavy atom. The minimum atomic E-state index is -0.499. The standard InChI is InChI=1S/C29H26N6OS/c1-16-8-9-26(37-16)19-6-5-7-22-20(19)11-24(33-22)27-21-12-23(31-15-25(21)34-35-27)17-10-18(14-30-13-17)32-28(36)29(2,3)4/h5-15,33H,1-4H3,(H,32,36)(H,34,35). The second-order valence-corrected chi connectivity index (χ2v) is 11.5. The molecule has 0 spiro atoms. The van der Waals surface area contributed by atoms with Gasteiger partial charge in [-0.1, -0.05) is 32.9 Å². The smallest absolute Gasteiger partial charge is 0.229 e. The Kier molecular flexibility index (Phi) is 5.42. The molecule has 5 aromatic heterocycles. The van der Waals surface area contributed by atoms with E-state index in [-0.39, 0.29) is 5.91 Å². The summed E-state index contributed by atoms with van der Waals surface area (Å²) in [6.07, 6.45) is 5.18. The van der Waals surface area contributed by atoms with Gasteiger partial charge in [0.2, 0.25) is 5.91 Å². The largest absolute Gasteiger partial charge is 0.353 e. The topological polar surface area (TPSA) is 99.3 Å². The van der Waals surface area contributed by atoms with E-state index in [1.165, 1.54) is 15.3 Å². The number of amides is 1. The van der Waals surface area contributed by atoms with Gasteiger partial charge in [-0.15, -0.1) is 11.3 Å². The van der Waals surface area contributed by atoms with E-state index in [9.17, 15) is 4.79 Å². The van der Waals surface area contributed by atoms with Crippen molar-refractivity contribution < 1.29 is 4.79 Å². The highest BCUT2D eigenvalue weighted by Crippen LogP contribution is 2.37. The molecule has 0 fully saturated rings. The number of nitrogens with one attached hydrogen (secondary N) is 3. The van der Waals surface area contributed by atoms with Crippen molar-refractivity contribution >= 4 is 44.7 Å². The maximum Gasteiger partial charge on any atom is 0.229 e. The predicted octanol–water partition coefficient (Wildman–Crippen LogP) is 7.19. The summed E-state index contributed by atoms with van der Waals surface area (Å²) >= 11 is 1.79. The molecule has 0 atom stereocenters. The van der Waals surface area contributed by atoms with Crippen LogP contribution in [0.2, 0.25) is 0 Å². The Morgan fingerprint density at radius 2 is 1.84 bits per heavy atom. The Labute approximate surface area is 218 Å². The van der Waals surface area contributed by atoms with Crippen LogP contribution >= 0.6 is 11.3 Å². The van der Waals surface area contributed by atoms with Gasteiger partial charge in [0.05, 0.1) is 35.0 Å². The van der Waals surface area contributed by atoms with Crippen molar-refractivity contribution in [2.75, 3.05) is 5.32 Å². The van der Waals surface area contributed by atoms with Crippen LogP contribution in [0.25, 0.3) is 54.9 Å². The Balaban J connectivity index is 1.40. The lowest BCUT2D eigenvalue weighted by molar-refractivity contribution is -0.123. The number of carbonyl (C=O) groups is 1. The normalized spacial score (nSPS) is 11.9. The number of aromatic amines is 2. The van der Waals surface area contributed by atoms with Crippen LogP contribution in [0, 0.1) is 12.3 Å². The van der Waals surface area contributed by atoms with Crippen LogP contribution in [-0.4, -0.2) is 31.1 Å². The minimum absolute atomic E-state index is 0.0668. The van der Waals surface area contributed by atoms with Crippen LogP contribution < -0.4 is 5.32 Å². The highest BCUT2D eigenvalue weighted by atomic mass is 32.1. The summed E-state index contributed by atoms with van der Waals surface area (Å²) in [5, 5.41) is 12.8. The second-order valence-electron chi connectivity index (χ2n) is 10.2. The van der Waals surface area contributed by atoms with Crippen molar-refractivity contribution in [1.82, 2.24) is 25.1 Å². The van der Waals surface area contributed by atoms with Crippen molar-refractivity contribution in [3.05, 3.63) is 72.0 Å². The number of fused-ring (bicyclic) bond motifs is 2. The SMILES string of the molecule is Cc1ccc(-c2cccc3[nH]c(-c4n[nH]c5cnc(-c6cncc(NC(=O)C(C)(C)C)c6)cc45)cc23)s1. The number of H-pyrrole nitrogens is 2. The number of thiophene rings is 1. The molecule has 6 rings (SSSR count). The van der Waals surface area contributed by atoms with Gasteiger partial charge >= 0.3 is 0 Å². The molecule has 7 nitrogen and oxygen atoms in total. The van der Waals surface area contributed by atoms with Crippen LogP contribution in [0.1, 0.15) is 25.6 Å².